The molecule has 0 amide bonds. The molecule has 0 aliphatic carbocycles. The summed E-state index contributed by atoms with van der Waals surface area (Å²) in [6.45, 7) is 0. The van der Waals surface area contributed by atoms with E-state index in [0.29, 0.717) is 5.56 Å². The molecule has 0 aliphatic heterocycles. The lowest BCUT2D eigenvalue weighted by molar-refractivity contribution is 1.31. The van der Waals surface area contributed by atoms with Gasteiger partial charge in [-0.3, -0.25) is 4.98 Å². The van der Waals surface area contributed by atoms with Gasteiger partial charge in [0.1, 0.15) is 0 Å². The number of aromatic nitrogens is 1. The van der Waals surface area contributed by atoms with Gasteiger partial charge in [0.2, 0.25) is 0 Å². The smallest absolute Gasteiger partial charge is 0.0998 e. The summed E-state index contributed by atoms with van der Waals surface area (Å²) < 4.78 is 0. The zero-order chi connectivity index (χ0) is 9.80. The number of pyridine rings is 1. The van der Waals surface area contributed by atoms with E-state index in [1.807, 2.05) is 18.2 Å². The lowest BCUT2D eigenvalue weighted by Gasteiger charge is -2.01. The van der Waals surface area contributed by atoms with Crippen molar-refractivity contribution in [3.8, 4) is 17.3 Å². The molecule has 0 aliphatic rings. The fourth-order valence-electron chi connectivity index (χ4n) is 1.28. The summed E-state index contributed by atoms with van der Waals surface area (Å²) in [6, 6.07) is 16.0. The number of rotatable bonds is 1. The molecule has 65 valence electrons. The van der Waals surface area contributed by atoms with Crippen LogP contribution in [0.2, 0.25) is 0 Å². The van der Waals surface area contributed by atoms with Crippen molar-refractivity contribution in [3.05, 3.63) is 54.2 Å². The van der Waals surface area contributed by atoms with Crippen LogP contribution in [0.1, 0.15) is 5.56 Å². The molecule has 2 heteroatoms. The number of hydrogen-bond donors (Lipinski definition) is 0. The van der Waals surface area contributed by atoms with E-state index in [2.05, 4.69) is 17.1 Å². The van der Waals surface area contributed by atoms with Gasteiger partial charge in [-0.25, -0.2) is 0 Å². The number of benzene rings is 1. The molecule has 1 radical (unpaired) electrons. The third-order valence-electron chi connectivity index (χ3n) is 1.93. The summed E-state index contributed by atoms with van der Waals surface area (Å²) in [6.07, 6.45) is 1.67. The van der Waals surface area contributed by atoms with E-state index in [4.69, 9.17) is 5.26 Å². The van der Waals surface area contributed by atoms with Gasteiger partial charge in [-0.15, -0.1) is 0 Å². The van der Waals surface area contributed by atoms with Gasteiger partial charge in [0, 0.05) is 11.8 Å². The Morgan fingerprint density at radius 1 is 1.29 bits per heavy atom. The van der Waals surface area contributed by atoms with Crippen LogP contribution in [-0.4, -0.2) is 4.98 Å². The highest BCUT2D eigenvalue weighted by Crippen LogP contribution is 2.19. The second-order valence-corrected chi connectivity index (χ2v) is 2.80. The highest BCUT2D eigenvalue weighted by molar-refractivity contribution is 5.66. The molecule has 0 atom stereocenters. The van der Waals surface area contributed by atoms with Crippen LogP contribution in [0.25, 0.3) is 11.3 Å². The first-order valence-corrected chi connectivity index (χ1v) is 4.23. The minimum atomic E-state index is 0.639. The molecule has 0 fully saturated rings. The second kappa shape index (κ2) is 3.71. The van der Waals surface area contributed by atoms with Gasteiger partial charge < -0.3 is 0 Å². The fraction of sp³-hybridized carbons (Fsp3) is 0. The van der Waals surface area contributed by atoms with Crippen molar-refractivity contribution in [3.63, 3.8) is 0 Å². The van der Waals surface area contributed by atoms with Crippen molar-refractivity contribution in [2.75, 3.05) is 0 Å². The Labute approximate surface area is 82.5 Å². The quantitative estimate of drug-likeness (QED) is 0.674. The summed E-state index contributed by atoms with van der Waals surface area (Å²) >= 11 is 0. The van der Waals surface area contributed by atoms with Crippen molar-refractivity contribution < 1.29 is 0 Å². The Morgan fingerprint density at radius 3 is 2.86 bits per heavy atom. The van der Waals surface area contributed by atoms with E-state index in [0.717, 1.165) is 11.3 Å². The number of nitrogens with zero attached hydrogens (tertiary/aromatic N) is 2. The van der Waals surface area contributed by atoms with E-state index in [-0.39, 0.29) is 0 Å². The average molecular weight is 179 g/mol. The lowest BCUT2D eigenvalue weighted by Crippen LogP contribution is -1.85. The van der Waals surface area contributed by atoms with Crippen molar-refractivity contribution >= 4 is 0 Å². The predicted octanol–water partition coefficient (Wildman–Crippen LogP) is 2.42. The van der Waals surface area contributed by atoms with Crippen molar-refractivity contribution in [2.45, 2.75) is 0 Å². The van der Waals surface area contributed by atoms with Crippen LogP contribution < -0.4 is 0 Å². The van der Waals surface area contributed by atoms with Gasteiger partial charge in [-0.05, 0) is 24.3 Å². The van der Waals surface area contributed by atoms with Gasteiger partial charge >= 0.3 is 0 Å². The molecule has 0 N–H and O–H groups in total. The minimum absolute atomic E-state index is 0.639. The van der Waals surface area contributed by atoms with E-state index in [1.165, 1.54) is 0 Å². The van der Waals surface area contributed by atoms with Crippen LogP contribution in [0.4, 0.5) is 0 Å². The Morgan fingerprint density at radius 2 is 2.14 bits per heavy atom. The maximum Gasteiger partial charge on any atom is 0.0998 e. The molecule has 0 unspecified atom stereocenters. The fourth-order valence-corrected chi connectivity index (χ4v) is 1.28. The van der Waals surface area contributed by atoms with Gasteiger partial charge in [-0.1, -0.05) is 18.2 Å². The first-order valence-electron chi connectivity index (χ1n) is 4.23. The third kappa shape index (κ3) is 1.48. The summed E-state index contributed by atoms with van der Waals surface area (Å²) in [5.41, 5.74) is 2.27. The maximum absolute atomic E-state index is 8.89. The van der Waals surface area contributed by atoms with Crippen LogP contribution in [-0.2, 0) is 0 Å². The van der Waals surface area contributed by atoms with Crippen LogP contribution >= 0.6 is 0 Å². The molecule has 0 saturated carbocycles. The van der Waals surface area contributed by atoms with Crippen molar-refractivity contribution in [2.24, 2.45) is 0 Å². The maximum atomic E-state index is 8.89. The Kier molecular flexibility index (Phi) is 2.24. The van der Waals surface area contributed by atoms with E-state index >= 15 is 0 Å². The van der Waals surface area contributed by atoms with Crippen LogP contribution in [0, 0.1) is 17.4 Å². The molecule has 2 rings (SSSR count). The Bertz CT molecular complexity index is 469. The number of hydrogen-bond acceptors (Lipinski definition) is 2. The molecule has 1 aromatic heterocycles. The Balaban J connectivity index is 2.58. The topological polar surface area (TPSA) is 36.7 Å². The summed E-state index contributed by atoms with van der Waals surface area (Å²) in [5, 5.41) is 8.89. The van der Waals surface area contributed by atoms with Crippen molar-refractivity contribution in [1.29, 1.82) is 5.26 Å². The molecule has 2 nitrogen and oxygen atoms in total. The zero-order valence-electron chi connectivity index (χ0n) is 7.44. The van der Waals surface area contributed by atoms with Crippen LogP contribution in [0.15, 0.2) is 42.6 Å². The van der Waals surface area contributed by atoms with E-state index < -0.39 is 0 Å². The third-order valence-corrected chi connectivity index (χ3v) is 1.93. The molecule has 0 bridgehead atoms. The standard InChI is InChI=1S/C12H7N2/c13-9-10-5-1-2-6-11(10)12-7-3-4-8-14-12/h1-2,4-8H. The Hall–Kier alpha value is -2.14. The second-order valence-electron chi connectivity index (χ2n) is 2.80. The number of nitriles is 1. The molecule has 0 saturated heterocycles. The molecule has 14 heavy (non-hydrogen) atoms. The highest BCUT2D eigenvalue weighted by Gasteiger charge is 2.03. The monoisotopic (exact) mass is 179 g/mol. The molecule has 1 heterocycles. The van der Waals surface area contributed by atoms with Crippen molar-refractivity contribution in [1.82, 2.24) is 4.98 Å². The van der Waals surface area contributed by atoms with Crippen LogP contribution in [0.3, 0.4) is 0 Å². The SMILES string of the molecule is N#Cc1ccccc1-c1c[c]ccn1. The average Bonchev–Trinajstić information content (AvgIpc) is 2.30. The summed E-state index contributed by atoms with van der Waals surface area (Å²) in [7, 11) is 0. The molecule has 1 aromatic carbocycles. The molecule has 0 spiro atoms. The van der Waals surface area contributed by atoms with Gasteiger partial charge in [-0.2, -0.15) is 5.26 Å². The van der Waals surface area contributed by atoms with E-state index in [9.17, 15) is 0 Å². The highest BCUT2D eigenvalue weighted by atomic mass is 14.7. The van der Waals surface area contributed by atoms with Gasteiger partial charge in [0.05, 0.1) is 17.3 Å². The first kappa shape index (κ1) is 8.46. The van der Waals surface area contributed by atoms with E-state index in [1.54, 1.807) is 24.4 Å². The summed E-state index contributed by atoms with van der Waals surface area (Å²) in [4.78, 5) is 4.18. The van der Waals surface area contributed by atoms with Crippen LogP contribution in [0.5, 0.6) is 0 Å². The predicted molar refractivity (Wildman–Crippen MR) is 53.2 cm³/mol. The minimum Gasteiger partial charge on any atom is -0.256 e. The summed E-state index contributed by atoms with van der Waals surface area (Å²) in [5.74, 6) is 0. The molecular formula is C12H7N2. The zero-order valence-corrected chi connectivity index (χ0v) is 7.44. The van der Waals surface area contributed by atoms with Gasteiger partial charge in [0.25, 0.3) is 0 Å². The van der Waals surface area contributed by atoms with Gasteiger partial charge in [0.15, 0.2) is 0 Å². The first-order chi connectivity index (χ1) is 6.92. The normalized spacial score (nSPS) is 9.36. The molecule has 2 aromatic rings. The lowest BCUT2D eigenvalue weighted by atomic mass is 10.1. The molecular weight excluding hydrogens is 172 g/mol. The largest absolute Gasteiger partial charge is 0.256 e.